The van der Waals surface area contributed by atoms with E-state index < -0.39 is 6.10 Å². The summed E-state index contributed by atoms with van der Waals surface area (Å²) in [6, 6.07) is 23.5. The summed E-state index contributed by atoms with van der Waals surface area (Å²) in [5, 5.41) is 3.01. The normalized spacial score (nSPS) is 16.4. The highest BCUT2D eigenvalue weighted by molar-refractivity contribution is 5.81. The van der Waals surface area contributed by atoms with Crippen LogP contribution >= 0.6 is 0 Å². The van der Waals surface area contributed by atoms with Crippen molar-refractivity contribution in [1.29, 1.82) is 0 Å². The highest BCUT2D eigenvalue weighted by atomic mass is 19.1. The summed E-state index contributed by atoms with van der Waals surface area (Å²) < 4.78 is 20.8. The van der Waals surface area contributed by atoms with Crippen LogP contribution in [0.3, 0.4) is 0 Å². The summed E-state index contributed by atoms with van der Waals surface area (Å²) in [5.74, 6) is 0.973. The smallest absolute Gasteiger partial charge is 0.261 e. The topological polar surface area (TPSA) is 41.6 Å². The van der Waals surface area contributed by atoms with Gasteiger partial charge in [0.1, 0.15) is 11.6 Å². The molecule has 0 saturated carbocycles. The molecule has 4 rings (SSSR count). The van der Waals surface area contributed by atoms with Gasteiger partial charge in [0.15, 0.2) is 6.10 Å². The van der Waals surface area contributed by atoms with Gasteiger partial charge in [-0.15, -0.1) is 0 Å². The number of amides is 1. The van der Waals surface area contributed by atoms with Crippen molar-refractivity contribution in [3.8, 4) is 5.75 Å². The number of hydrogen-bond acceptors (Lipinski definition) is 3. The minimum absolute atomic E-state index is 0.0296. The van der Waals surface area contributed by atoms with Gasteiger partial charge in [0.2, 0.25) is 0 Å². The van der Waals surface area contributed by atoms with E-state index in [4.69, 9.17) is 4.74 Å². The molecule has 3 aromatic carbocycles. The Bertz CT molecular complexity index is 1150. The molecule has 0 fully saturated rings. The maximum absolute atomic E-state index is 14.5. The number of carbonyl (C=O) groups is 1. The largest absolute Gasteiger partial charge is 0.481 e. The lowest BCUT2D eigenvalue weighted by Gasteiger charge is -2.38. The van der Waals surface area contributed by atoms with E-state index in [2.05, 4.69) is 48.3 Å². The van der Waals surface area contributed by atoms with Crippen molar-refractivity contribution in [2.24, 2.45) is 5.92 Å². The van der Waals surface area contributed by atoms with E-state index in [-0.39, 0.29) is 17.8 Å². The molecule has 5 heteroatoms. The average Bonchev–Trinajstić information content (AvgIpc) is 2.88. The first-order valence-electron chi connectivity index (χ1n) is 13.1. The van der Waals surface area contributed by atoms with Crippen molar-refractivity contribution < 1.29 is 13.9 Å². The van der Waals surface area contributed by atoms with Gasteiger partial charge in [0.25, 0.3) is 5.91 Å². The van der Waals surface area contributed by atoms with Gasteiger partial charge < -0.3 is 10.1 Å². The van der Waals surface area contributed by atoms with Gasteiger partial charge in [-0.05, 0) is 60.1 Å². The first-order valence-corrected chi connectivity index (χ1v) is 13.1. The number of benzene rings is 3. The lowest BCUT2D eigenvalue weighted by molar-refractivity contribution is -0.128. The second-order valence-corrected chi connectivity index (χ2v) is 9.97. The van der Waals surface area contributed by atoms with Crippen molar-refractivity contribution >= 4 is 5.91 Å². The van der Waals surface area contributed by atoms with Crippen LogP contribution in [0.25, 0.3) is 0 Å². The third-order valence-electron chi connectivity index (χ3n) is 6.85. The lowest BCUT2D eigenvalue weighted by atomic mass is 9.87. The van der Waals surface area contributed by atoms with Crippen molar-refractivity contribution in [2.45, 2.75) is 58.7 Å². The summed E-state index contributed by atoms with van der Waals surface area (Å²) in [6.45, 7) is 8.26. The van der Waals surface area contributed by atoms with Crippen LogP contribution in [0, 0.1) is 11.7 Å². The molecule has 0 unspecified atom stereocenters. The molecule has 3 aromatic rings. The monoisotopic (exact) mass is 488 g/mol. The standard InChI is InChI=1S/C31H37FN2O2/c1-4-29(31(35)33-18-16-22(2)3)36-26-15-14-23-17-19-34(21-25-12-8-9-13-28(25)32)30(27(23)20-26)24-10-6-5-7-11-24/h5-15,20,22,29-30H,4,16-19,21H2,1-3H3,(H,33,35)/t29-,30-/m0/s1. The molecule has 1 heterocycles. The Morgan fingerprint density at radius 3 is 2.56 bits per heavy atom. The van der Waals surface area contributed by atoms with E-state index in [1.54, 1.807) is 6.07 Å². The number of hydrogen-bond donors (Lipinski definition) is 1. The van der Waals surface area contributed by atoms with Crippen LogP contribution in [0.1, 0.15) is 61.9 Å². The predicted octanol–water partition coefficient (Wildman–Crippen LogP) is 6.29. The van der Waals surface area contributed by atoms with Crippen molar-refractivity contribution in [1.82, 2.24) is 10.2 Å². The lowest BCUT2D eigenvalue weighted by Crippen LogP contribution is -2.39. The van der Waals surface area contributed by atoms with Crippen LogP contribution < -0.4 is 10.1 Å². The summed E-state index contributed by atoms with van der Waals surface area (Å²) in [6.07, 6.45) is 1.87. The van der Waals surface area contributed by atoms with Gasteiger partial charge in [-0.3, -0.25) is 9.69 Å². The number of halogens is 1. The van der Waals surface area contributed by atoms with E-state index in [1.807, 2.05) is 43.3 Å². The quantitative estimate of drug-likeness (QED) is 0.364. The van der Waals surface area contributed by atoms with E-state index in [0.29, 0.717) is 36.7 Å². The molecule has 0 radical (unpaired) electrons. The Morgan fingerprint density at radius 2 is 1.83 bits per heavy atom. The molecule has 0 bridgehead atoms. The van der Waals surface area contributed by atoms with Crippen molar-refractivity contribution in [3.63, 3.8) is 0 Å². The molecule has 0 aromatic heterocycles. The van der Waals surface area contributed by atoms with Crippen LogP contribution in [0.5, 0.6) is 5.75 Å². The fraction of sp³-hybridized carbons (Fsp3) is 0.387. The number of ether oxygens (including phenoxy) is 1. The minimum Gasteiger partial charge on any atom is -0.481 e. The van der Waals surface area contributed by atoms with Gasteiger partial charge in [-0.1, -0.05) is 75.4 Å². The fourth-order valence-electron chi connectivity index (χ4n) is 4.84. The van der Waals surface area contributed by atoms with E-state index >= 15 is 0 Å². The number of nitrogens with zero attached hydrogens (tertiary/aromatic N) is 1. The predicted molar refractivity (Wildman–Crippen MR) is 142 cm³/mol. The zero-order valence-corrected chi connectivity index (χ0v) is 21.5. The Hall–Kier alpha value is -3.18. The first-order chi connectivity index (χ1) is 17.5. The highest BCUT2D eigenvalue weighted by Crippen LogP contribution is 2.38. The molecule has 0 aliphatic carbocycles. The summed E-state index contributed by atoms with van der Waals surface area (Å²) in [5.41, 5.74) is 4.26. The Labute approximate surface area is 214 Å². The number of fused-ring (bicyclic) bond motifs is 1. The van der Waals surface area contributed by atoms with Gasteiger partial charge in [-0.2, -0.15) is 0 Å². The number of carbonyl (C=O) groups excluding carboxylic acids is 1. The molecular formula is C31H37FN2O2. The maximum Gasteiger partial charge on any atom is 0.261 e. The van der Waals surface area contributed by atoms with Gasteiger partial charge in [0.05, 0.1) is 6.04 Å². The highest BCUT2D eigenvalue weighted by Gasteiger charge is 2.30. The second kappa shape index (κ2) is 12.2. The molecule has 190 valence electrons. The molecule has 36 heavy (non-hydrogen) atoms. The van der Waals surface area contributed by atoms with Crippen molar-refractivity contribution in [3.05, 3.63) is 101 Å². The van der Waals surface area contributed by atoms with Gasteiger partial charge >= 0.3 is 0 Å². The third-order valence-corrected chi connectivity index (χ3v) is 6.85. The van der Waals surface area contributed by atoms with Crippen LogP contribution in [0.4, 0.5) is 4.39 Å². The van der Waals surface area contributed by atoms with Crippen LogP contribution in [-0.2, 0) is 17.8 Å². The Morgan fingerprint density at radius 1 is 1.08 bits per heavy atom. The van der Waals surface area contributed by atoms with E-state index in [1.165, 1.54) is 11.6 Å². The summed E-state index contributed by atoms with van der Waals surface area (Å²) in [7, 11) is 0. The van der Waals surface area contributed by atoms with E-state index in [0.717, 1.165) is 30.5 Å². The molecule has 0 saturated heterocycles. The molecule has 1 aliphatic rings. The third kappa shape index (κ3) is 6.33. The summed E-state index contributed by atoms with van der Waals surface area (Å²) in [4.78, 5) is 15.1. The molecule has 4 nitrogen and oxygen atoms in total. The Balaban J connectivity index is 1.60. The molecule has 0 spiro atoms. The van der Waals surface area contributed by atoms with Crippen molar-refractivity contribution in [2.75, 3.05) is 13.1 Å². The molecule has 1 N–H and O–H groups in total. The van der Waals surface area contributed by atoms with Crippen LogP contribution in [-0.4, -0.2) is 30.0 Å². The first kappa shape index (κ1) is 25.9. The van der Waals surface area contributed by atoms with Crippen LogP contribution in [0.2, 0.25) is 0 Å². The summed E-state index contributed by atoms with van der Waals surface area (Å²) >= 11 is 0. The van der Waals surface area contributed by atoms with E-state index in [9.17, 15) is 9.18 Å². The second-order valence-electron chi connectivity index (χ2n) is 9.97. The fourth-order valence-corrected chi connectivity index (χ4v) is 4.84. The zero-order valence-electron chi connectivity index (χ0n) is 21.5. The van der Waals surface area contributed by atoms with Crippen LogP contribution in [0.15, 0.2) is 72.8 Å². The van der Waals surface area contributed by atoms with Gasteiger partial charge in [-0.25, -0.2) is 4.39 Å². The zero-order chi connectivity index (χ0) is 25.5. The molecule has 2 atom stereocenters. The average molecular weight is 489 g/mol. The maximum atomic E-state index is 14.5. The molecule has 1 aliphatic heterocycles. The minimum atomic E-state index is -0.538. The SMILES string of the molecule is CC[C@H](Oc1ccc2c(c1)[C@H](c1ccccc1)N(Cc1ccccc1F)CC2)C(=O)NCCC(C)C. The number of rotatable bonds is 10. The van der Waals surface area contributed by atoms with Gasteiger partial charge in [0, 0.05) is 25.2 Å². The number of nitrogens with one attached hydrogen (secondary N) is 1. The molecule has 1 amide bonds. The Kier molecular flexibility index (Phi) is 8.76. The molecular weight excluding hydrogens is 451 g/mol.